The molecule has 15 heavy (non-hydrogen) atoms. The van der Waals surface area contributed by atoms with Crippen molar-refractivity contribution in [3.63, 3.8) is 0 Å². The van der Waals surface area contributed by atoms with Crippen LogP contribution in [0.5, 0.6) is 5.75 Å². The summed E-state index contributed by atoms with van der Waals surface area (Å²) in [4.78, 5) is 0. The van der Waals surface area contributed by atoms with Crippen LogP contribution in [-0.4, -0.2) is 13.2 Å². The Labute approximate surface area is 92.4 Å². The van der Waals surface area contributed by atoms with Crippen molar-refractivity contribution in [1.82, 2.24) is 0 Å². The van der Waals surface area contributed by atoms with E-state index in [0.29, 0.717) is 5.92 Å². The lowest BCUT2D eigenvalue weighted by molar-refractivity contribution is 0.285. The lowest BCUT2D eigenvalue weighted by Gasteiger charge is -2.10. The van der Waals surface area contributed by atoms with Gasteiger partial charge in [0.2, 0.25) is 0 Å². The van der Waals surface area contributed by atoms with Gasteiger partial charge in [-0.1, -0.05) is 26.0 Å². The lowest BCUT2D eigenvalue weighted by atomic mass is 10.1. The molecule has 0 aliphatic carbocycles. The van der Waals surface area contributed by atoms with Gasteiger partial charge in [0, 0.05) is 0 Å². The second-order valence-electron chi connectivity index (χ2n) is 3.98. The van der Waals surface area contributed by atoms with Crippen molar-refractivity contribution >= 4 is 0 Å². The summed E-state index contributed by atoms with van der Waals surface area (Å²) in [5.74, 6) is 1.50. The van der Waals surface area contributed by atoms with E-state index in [4.69, 9.17) is 10.5 Å². The predicted molar refractivity (Wildman–Crippen MR) is 64.2 cm³/mol. The van der Waals surface area contributed by atoms with Crippen LogP contribution in [0, 0.1) is 5.92 Å². The highest BCUT2D eigenvalue weighted by Crippen LogP contribution is 2.13. The van der Waals surface area contributed by atoms with E-state index in [0.717, 1.165) is 31.7 Å². The van der Waals surface area contributed by atoms with Gasteiger partial charge in [-0.15, -0.1) is 0 Å². The van der Waals surface area contributed by atoms with Crippen molar-refractivity contribution < 1.29 is 4.74 Å². The van der Waals surface area contributed by atoms with Crippen molar-refractivity contribution in [2.45, 2.75) is 26.7 Å². The maximum atomic E-state index is 5.62. The molecule has 0 heterocycles. The molecule has 1 atom stereocenters. The molecule has 0 fully saturated rings. The molecule has 2 heteroatoms. The van der Waals surface area contributed by atoms with E-state index in [9.17, 15) is 0 Å². The molecule has 0 aromatic heterocycles. The maximum Gasteiger partial charge on any atom is 0.119 e. The fraction of sp³-hybridized carbons (Fsp3) is 0.538. The minimum atomic E-state index is 0.542. The fourth-order valence-electron chi connectivity index (χ4n) is 1.32. The van der Waals surface area contributed by atoms with Crippen molar-refractivity contribution in [1.29, 1.82) is 0 Å². The summed E-state index contributed by atoms with van der Waals surface area (Å²) in [6.07, 6.45) is 2.09. The first-order chi connectivity index (χ1) is 7.26. The van der Waals surface area contributed by atoms with Crippen LogP contribution in [0.1, 0.15) is 25.8 Å². The molecule has 0 bridgehead atoms. The molecular weight excluding hydrogens is 186 g/mol. The van der Waals surface area contributed by atoms with Gasteiger partial charge >= 0.3 is 0 Å². The van der Waals surface area contributed by atoms with Crippen LogP contribution in [0.15, 0.2) is 24.3 Å². The highest BCUT2D eigenvalue weighted by molar-refractivity contribution is 5.27. The summed E-state index contributed by atoms with van der Waals surface area (Å²) in [5.41, 5.74) is 6.88. The molecule has 0 aliphatic heterocycles. The summed E-state index contributed by atoms with van der Waals surface area (Å²) >= 11 is 0. The van der Waals surface area contributed by atoms with E-state index < -0.39 is 0 Å². The Morgan fingerprint density at radius 3 is 2.47 bits per heavy atom. The zero-order valence-corrected chi connectivity index (χ0v) is 9.70. The van der Waals surface area contributed by atoms with E-state index in [1.807, 2.05) is 12.1 Å². The molecule has 1 aromatic carbocycles. The molecule has 0 saturated carbocycles. The Kier molecular flexibility index (Phi) is 5.19. The van der Waals surface area contributed by atoms with Gasteiger partial charge in [0.1, 0.15) is 5.75 Å². The van der Waals surface area contributed by atoms with Gasteiger partial charge in [-0.2, -0.15) is 0 Å². The lowest BCUT2D eigenvalue weighted by Crippen LogP contribution is -2.13. The fourth-order valence-corrected chi connectivity index (χ4v) is 1.32. The SMILES string of the molecule is CCc1ccc(OCCC(C)CN)cc1. The van der Waals surface area contributed by atoms with Crippen molar-refractivity contribution in [2.75, 3.05) is 13.2 Å². The van der Waals surface area contributed by atoms with Crippen molar-refractivity contribution in [3.8, 4) is 5.75 Å². The van der Waals surface area contributed by atoms with Gasteiger partial charge in [-0.05, 0) is 43.0 Å². The first-order valence-electron chi connectivity index (χ1n) is 5.68. The maximum absolute atomic E-state index is 5.62. The smallest absolute Gasteiger partial charge is 0.119 e. The Morgan fingerprint density at radius 1 is 1.27 bits per heavy atom. The zero-order chi connectivity index (χ0) is 11.1. The number of benzene rings is 1. The van der Waals surface area contributed by atoms with Crippen LogP contribution >= 0.6 is 0 Å². The molecule has 0 spiro atoms. The van der Waals surface area contributed by atoms with E-state index >= 15 is 0 Å². The largest absolute Gasteiger partial charge is 0.494 e. The molecule has 0 amide bonds. The first-order valence-corrected chi connectivity index (χ1v) is 5.68. The van der Waals surface area contributed by atoms with Gasteiger partial charge < -0.3 is 10.5 Å². The molecule has 0 saturated heterocycles. The second kappa shape index (κ2) is 6.46. The van der Waals surface area contributed by atoms with Gasteiger partial charge in [0.05, 0.1) is 6.61 Å². The Balaban J connectivity index is 2.31. The predicted octanol–water partition coefficient (Wildman–Crippen LogP) is 2.61. The quantitative estimate of drug-likeness (QED) is 0.778. The average molecular weight is 207 g/mol. The normalized spacial score (nSPS) is 12.5. The molecule has 1 unspecified atom stereocenters. The van der Waals surface area contributed by atoms with Crippen molar-refractivity contribution in [3.05, 3.63) is 29.8 Å². The molecule has 1 rings (SSSR count). The third kappa shape index (κ3) is 4.34. The Bertz CT molecular complexity index is 268. The number of ether oxygens (including phenoxy) is 1. The first kappa shape index (κ1) is 12.1. The summed E-state index contributed by atoms with van der Waals surface area (Å²) in [6.45, 7) is 5.78. The highest BCUT2D eigenvalue weighted by Gasteiger charge is 1.99. The van der Waals surface area contributed by atoms with E-state index in [1.165, 1.54) is 5.56 Å². The molecule has 2 nitrogen and oxygen atoms in total. The monoisotopic (exact) mass is 207 g/mol. The third-order valence-corrected chi connectivity index (χ3v) is 2.61. The summed E-state index contributed by atoms with van der Waals surface area (Å²) < 4.78 is 5.62. The number of hydrogen-bond donors (Lipinski definition) is 1. The zero-order valence-electron chi connectivity index (χ0n) is 9.70. The van der Waals surface area contributed by atoms with E-state index in [-0.39, 0.29) is 0 Å². The highest BCUT2D eigenvalue weighted by atomic mass is 16.5. The van der Waals surface area contributed by atoms with Crippen LogP contribution in [0.2, 0.25) is 0 Å². The number of hydrogen-bond acceptors (Lipinski definition) is 2. The summed E-state index contributed by atoms with van der Waals surface area (Å²) in [6, 6.07) is 8.29. The average Bonchev–Trinajstić information content (AvgIpc) is 2.29. The van der Waals surface area contributed by atoms with E-state index in [1.54, 1.807) is 0 Å². The molecule has 1 aromatic rings. The minimum absolute atomic E-state index is 0.542. The van der Waals surface area contributed by atoms with Gasteiger partial charge in [-0.25, -0.2) is 0 Å². The summed E-state index contributed by atoms with van der Waals surface area (Å²) in [7, 11) is 0. The topological polar surface area (TPSA) is 35.2 Å². The van der Waals surface area contributed by atoms with Crippen LogP contribution in [0.4, 0.5) is 0 Å². The summed E-state index contributed by atoms with van der Waals surface area (Å²) in [5, 5.41) is 0. The molecule has 0 radical (unpaired) electrons. The third-order valence-electron chi connectivity index (χ3n) is 2.61. The standard InChI is InChI=1S/C13H21NO/c1-3-12-4-6-13(7-5-12)15-9-8-11(2)10-14/h4-7,11H,3,8-10,14H2,1-2H3. The number of aryl methyl sites for hydroxylation is 1. The van der Waals surface area contributed by atoms with Crippen LogP contribution in [0.3, 0.4) is 0 Å². The Hall–Kier alpha value is -1.02. The van der Waals surface area contributed by atoms with Gasteiger partial charge in [-0.3, -0.25) is 0 Å². The van der Waals surface area contributed by atoms with Gasteiger partial charge in [0.25, 0.3) is 0 Å². The minimum Gasteiger partial charge on any atom is -0.494 e. The van der Waals surface area contributed by atoms with Crippen LogP contribution < -0.4 is 10.5 Å². The number of nitrogens with two attached hydrogens (primary N) is 1. The van der Waals surface area contributed by atoms with E-state index in [2.05, 4.69) is 26.0 Å². The molecule has 2 N–H and O–H groups in total. The number of rotatable bonds is 6. The van der Waals surface area contributed by atoms with Crippen LogP contribution in [-0.2, 0) is 6.42 Å². The van der Waals surface area contributed by atoms with Gasteiger partial charge in [0.15, 0.2) is 0 Å². The molecule has 84 valence electrons. The van der Waals surface area contributed by atoms with Crippen LogP contribution in [0.25, 0.3) is 0 Å². The molecule has 0 aliphatic rings. The second-order valence-corrected chi connectivity index (χ2v) is 3.98. The van der Waals surface area contributed by atoms with Crippen molar-refractivity contribution in [2.24, 2.45) is 11.7 Å². The Morgan fingerprint density at radius 2 is 1.93 bits per heavy atom. The molecular formula is C13H21NO.